The molecule has 0 spiro atoms. The second-order valence-electron chi connectivity index (χ2n) is 4.18. The predicted molar refractivity (Wildman–Crippen MR) is 67.3 cm³/mol. The number of ether oxygens (including phenoxy) is 1. The summed E-state index contributed by atoms with van der Waals surface area (Å²) in [6, 6.07) is 6.67. The summed E-state index contributed by atoms with van der Waals surface area (Å²) in [7, 11) is -1.74. The van der Waals surface area contributed by atoms with Crippen LogP contribution in [0, 0.1) is 11.3 Å². The van der Waals surface area contributed by atoms with Crippen molar-refractivity contribution in [1.29, 1.82) is 5.26 Å². The summed E-state index contributed by atoms with van der Waals surface area (Å²) in [4.78, 5) is 0.302. The van der Waals surface area contributed by atoms with Gasteiger partial charge in [-0.3, -0.25) is 0 Å². The van der Waals surface area contributed by atoms with Crippen molar-refractivity contribution in [3.8, 4) is 11.8 Å². The standard InChI is InChI=1S/C12H14N2O3S/c1-17-10-4-5-12-11(7-10)14-9(3-2-6-13)8-18(12,15)16/h4-5,7,9,14H,2-3,8H2,1H3. The maximum absolute atomic E-state index is 12.1. The lowest BCUT2D eigenvalue weighted by Crippen LogP contribution is -2.34. The minimum atomic E-state index is -3.27. The molecule has 5 nitrogen and oxygen atoms in total. The van der Waals surface area contributed by atoms with E-state index < -0.39 is 9.84 Å². The van der Waals surface area contributed by atoms with Crippen molar-refractivity contribution in [3.05, 3.63) is 18.2 Å². The molecule has 0 saturated carbocycles. The van der Waals surface area contributed by atoms with E-state index in [1.807, 2.05) is 6.07 Å². The summed E-state index contributed by atoms with van der Waals surface area (Å²) in [5, 5.41) is 11.7. The molecule has 1 aromatic rings. The molecule has 1 N–H and O–H groups in total. The largest absolute Gasteiger partial charge is 0.497 e. The van der Waals surface area contributed by atoms with Crippen LogP contribution in [0.1, 0.15) is 12.8 Å². The molecule has 1 atom stereocenters. The lowest BCUT2D eigenvalue weighted by Gasteiger charge is -2.26. The number of rotatable bonds is 3. The molecular formula is C12H14N2O3S. The van der Waals surface area contributed by atoms with Gasteiger partial charge in [-0.1, -0.05) is 0 Å². The molecule has 0 aliphatic carbocycles. The first kappa shape index (κ1) is 12.7. The summed E-state index contributed by atoms with van der Waals surface area (Å²) in [6.07, 6.45) is 0.860. The highest BCUT2D eigenvalue weighted by atomic mass is 32.2. The van der Waals surface area contributed by atoms with Gasteiger partial charge in [0.1, 0.15) is 5.75 Å². The van der Waals surface area contributed by atoms with Crippen molar-refractivity contribution in [3.63, 3.8) is 0 Å². The minimum Gasteiger partial charge on any atom is -0.497 e. The molecule has 0 bridgehead atoms. The second kappa shape index (κ2) is 4.86. The zero-order chi connectivity index (χ0) is 13.2. The fourth-order valence-corrected chi connectivity index (χ4v) is 3.72. The van der Waals surface area contributed by atoms with Gasteiger partial charge < -0.3 is 10.1 Å². The molecule has 0 radical (unpaired) electrons. The number of hydrogen-bond acceptors (Lipinski definition) is 5. The van der Waals surface area contributed by atoms with Crippen molar-refractivity contribution in [1.82, 2.24) is 0 Å². The fourth-order valence-electron chi connectivity index (χ4n) is 2.03. The number of methoxy groups -OCH3 is 1. The minimum absolute atomic E-state index is 0.0357. The number of nitrogens with one attached hydrogen (secondary N) is 1. The summed E-state index contributed by atoms with van der Waals surface area (Å²) in [6.45, 7) is 0. The summed E-state index contributed by atoms with van der Waals surface area (Å²) < 4.78 is 29.2. The van der Waals surface area contributed by atoms with E-state index in [0.29, 0.717) is 29.2 Å². The van der Waals surface area contributed by atoms with Crippen LogP contribution >= 0.6 is 0 Å². The van der Waals surface area contributed by atoms with Gasteiger partial charge in [0.25, 0.3) is 0 Å². The molecule has 1 aromatic carbocycles. The normalized spacial score (nSPS) is 20.3. The van der Waals surface area contributed by atoms with E-state index >= 15 is 0 Å². The average molecular weight is 266 g/mol. The van der Waals surface area contributed by atoms with E-state index in [1.54, 1.807) is 18.2 Å². The van der Waals surface area contributed by atoms with E-state index in [4.69, 9.17) is 10.00 Å². The van der Waals surface area contributed by atoms with Gasteiger partial charge in [0.2, 0.25) is 0 Å². The van der Waals surface area contributed by atoms with Crippen LogP contribution in [0.2, 0.25) is 0 Å². The molecule has 1 heterocycles. The number of nitrogens with zero attached hydrogens (tertiary/aromatic N) is 1. The molecule has 0 aromatic heterocycles. The maximum Gasteiger partial charge on any atom is 0.182 e. The van der Waals surface area contributed by atoms with Crippen molar-refractivity contribution in [2.24, 2.45) is 0 Å². The van der Waals surface area contributed by atoms with Gasteiger partial charge in [0.15, 0.2) is 9.84 Å². The highest BCUT2D eigenvalue weighted by Crippen LogP contribution is 2.32. The van der Waals surface area contributed by atoms with Crippen LogP contribution in [0.4, 0.5) is 5.69 Å². The Balaban J connectivity index is 2.35. The number of anilines is 1. The molecule has 2 rings (SSSR count). The van der Waals surface area contributed by atoms with E-state index in [2.05, 4.69) is 5.32 Å². The molecule has 1 aliphatic heterocycles. The molecule has 1 unspecified atom stereocenters. The average Bonchev–Trinajstić information content (AvgIpc) is 2.34. The first-order chi connectivity index (χ1) is 8.56. The Morgan fingerprint density at radius 2 is 2.33 bits per heavy atom. The quantitative estimate of drug-likeness (QED) is 0.898. The van der Waals surface area contributed by atoms with E-state index in [1.165, 1.54) is 7.11 Å². The zero-order valence-corrected chi connectivity index (χ0v) is 10.8. The van der Waals surface area contributed by atoms with Gasteiger partial charge in [-0.05, 0) is 18.6 Å². The SMILES string of the molecule is COc1ccc2c(c1)NC(CCC#N)CS2(=O)=O. The van der Waals surface area contributed by atoms with Crippen molar-refractivity contribution < 1.29 is 13.2 Å². The number of sulfone groups is 1. The van der Waals surface area contributed by atoms with Crippen LogP contribution in [-0.2, 0) is 9.84 Å². The molecular weight excluding hydrogens is 252 g/mol. The zero-order valence-electron chi connectivity index (χ0n) is 10.0. The third-order valence-corrected chi connectivity index (χ3v) is 4.77. The van der Waals surface area contributed by atoms with Crippen LogP contribution in [0.5, 0.6) is 5.75 Å². The molecule has 96 valence electrons. The van der Waals surface area contributed by atoms with Crippen molar-refractivity contribution >= 4 is 15.5 Å². The van der Waals surface area contributed by atoms with Gasteiger partial charge in [0.05, 0.1) is 29.5 Å². The molecule has 6 heteroatoms. The monoisotopic (exact) mass is 266 g/mol. The Morgan fingerprint density at radius 3 is 3.00 bits per heavy atom. The van der Waals surface area contributed by atoms with Gasteiger partial charge in [-0.15, -0.1) is 0 Å². The maximum atomic E-state index is 12.1. The number of benzene rings is 1. The Hall–Kier alpha value is -1.74. The number of hydrogen-bond donors (Lipinski definition) is 1. The van der Waals surface area contributed by atoms with Crippen LogP contribution in [-0.4, -0.2) is 27.3 Å². The fraction of sp³-hybridized carbons (Fsp3) is 0.417. The Labute approximate surface area is 106 Å². The van der Waals surface area contributed by atoms with Crippen molar-refractivity contribution in [2.75, 3.05) is 18.2 Å². The highest BCUT2D eigenvalue weighted by Gasteiger charge is 2.29. The molecule has 0 fully saturated rings. The highest BCUT2D eigenvalue weighted by molar-refractivity contribution is 7.91. The third-order valence-electron chi connectivity index (χ3n) is 2.91. The van der Waals surface area contributed by atoms with Crippen molar-refractivity contribution in [2.45, 2.75) is 23.8 Å². The van der Waals surface area contributed by atoms with Crippen LogP contribution in [0.3, 0.4) is 0 Å². The van der Waals surface area contributed by atoms with Gasteiger partial charge in [-0.2, -0.15) is 5.26 Å². The number of nitriles is 1. The molecule has 1 aliphatic rings. The lowest BCUT2D eigenvalue weighted by molar-refractivity contribution is 0.414. The van der Waals surface area contributed by atoms with Crippen LogP contribution in [0.15, 0.2) is 23.1 Å². The first-order valence-electron chi connectivity index (χ1n) is 5.61. The third kappa shape index (κ3) is 2.41. The molecule has 0 saturated heterocycles. The molecule has 18 heavy (non-hydrogen) atoms. The number of fused-ring (bicyclic) bond motifs is 1. The Bertz CT molecular complexity index is 590. The van der Waals surface area contributed by atoms with Crippen LogP contribution in [0.25, 0.3) is 0 Å². The predicted octanol–water partition coefficient (Wildman–Crippen LogP) is 1.57. The van der Waals surface area contributed by atoms with E-state index in [-0.39, 0.29) is 11.8 Å². The summed E-state index contributed by atoms with van der Waals surface area (Å²) in [5.41, 5.74) is 0.559. The van der Waals surface area contributed by atoms with Crippen LogP contribution < -0.4 is 10.1 Å². The van der Waals surface area contributed by atoms with E-state index in [9.17, 15) is 8.42 Å². The van der Waals surface area contributed by atoms with E-state index in [0.717, 1.165) is 0 Å². The van der Waals surface area contributed by atoms with Gasteiger partial charge in [0, 0.05) is 18.5 Å². The Kier molecular flexibility index (Phi) is 3.43. The smallest absolute Gasteiger partial charge is 0.182 e. The van der Waals surface area contributed by atoms with Gasteiger partial charge in [-0.25, -0.2) is 8.42 Å². The summed E-state index contributed by atoms with van der Waals surface area (Å²) >= 11 is 0. The Morgan fingerprint density at radius 1 is 1.56 bits per heavy atom. The van der Waals surface area contributed by atoms with Gasteiger partial charge >= 0.3 is 0 Å². The molecule has 0 amide bonds. The summed E-state index contributed by atoms with van der Waals surface area (Å²) in [5.74, 6) is 0.644. The second-order valence-corrected chi connectivity index (χ2v) is 6.18. The lowest BCUT2D eigenvalue weighted by atomic mass is 10.1. The first-order valence-corrected chi connectivity index (χ1v) is 7.26. The topological polar surface area (TPSA) is 79.2 Å².